The number of piperazine rings is 1. The number of amides is 1. The normalized spacial score (nSPS) is 16.0. The third kappa shape index (κ3) is 2.00. The van der Waals surface area contributed by atoms with Crippen LogP contribution in [0.1, 0.15) is 16.1 Å². The molecule has 1 amide bonds. The van der Waals surface area contributed by atoms with Crippen LogP contribution in [0.4, 0.5) is 4.39 Å². The Kier molecular flexibility index (Phi) is 2.98. The van der Waals surface area contributed by atoms with Gasteiger partial charge in [0, 0.05) is 42.8 Å². The SMILES string of the molecule is Cc1[nH]c2cccc(F)c2c1C(=O)N1CCNCC1. The van der Waals surface area contributed by atoms with E-state index in [0.717, 1.165) is 18.8 Å². The van der Waals surface area contributed by atoms with Crippen molar-refractivity contribution in [1.29, 1.82) is 0 Å². The quantitative estimate of drug-likeness (QED) is 0.820. The molecule has 0 spiro atoms. The summed E-state index contributed by atoms with van der Waals surface area (Å²) in [5.74, 6) is -0.435. The van der Waals surface area contributed by atoms with Gasteiger partial charge in [0.15, 0.2) is 0 Å². The van der Waals surface area contributed by atoms with Crippen LogP contribution in [0.2, 0.25) is 0 Å². The highest BCUT2D eigenvalue weighted by molar-refractivity contribution is 6.08. The Morgan fingerprint density at radius 2 is 2.05 bits per heavy atom. The van der Waals surface area contributed by atoms with Gasteiger partial charge in [-0.3, -0.25) is 4.79 Å². The van der Waals surface area contributed by atoms with E-state index < -0.39 is 0 Å². The van der Waals surface area contributed by atoms with Gasteiger partial charge >= 0.3 is 0 Å². The van der Waals surface area contributed by atoms with Crippen molar-refractivity contribution in [3.05, 3.63) is 35.3 Å². The lowest BCUT2D eigenvalue weighted by molar-refractivity contribution is 0.0737. The minimum atomic E-state index is -0.347. The molecule has 2 aromatic rings. The van der Waals surface area contributed by atoms with Crippen molar-refractivity contribution in [3.8, 4) is 0 Å². The molecule has 0 saturated carbocycles. The zero-order chi connectivity index (χ0) is 13.4. The van der Waals surface area contributed by atoms with E-state index in [1.807, 2.05) is 6.92 Å². The Morgan fingerprint density at radius 1 is 1.32 bits per heavy atom. The number of rotatable bonds is 1. The molecule has 3 rings (SSSR count). The molecular formula is C14H16FN3O. The molecule has 5 heteroatoms. The molecule has 1 aliphatic rings. The van der Waals surface area contributed by atoms with Gasteiger partial charge in [0.05, 0.1) is 5.56 Å². The Labute approximate surface area is 110 Å². The van der Waals surface area contributed by atoms with E-state index in [2.05, 4.69) is 10.3 Å². The molecule has 0 aliphatic carbocycles. The Hall–Kier alpha value is -1.88. The van der Waals surface area contributed by atoms with E-state index in [0.29, 0.717) is 29.6 Å². The third-order valence-electron chi connectivity index (χ3n) is 3.58. The zero-order valence-corrected chi connectivity index (χ0v) is 10.8. The summed E-state index contributed by atoms with van der Waals surface area (Å²) >= 11 is 0. The third-order valence-corrected chi connectivity index (χ3v) is 3.58. The topological polar surface area (TPSA) is 48.1 Å². The fourth-order valence-electron chi connectivity index (χ4n) is 2.63. The first-order valence-electron chi connectivity index (χ1n) is 6.45. The number of fused-ring (bicyclic) bond motifs is 1. The predicted octanol–water partition coefficient (Wildman–Crippen LogP) is 1.66. The molecule has 2 heterocycles. The first-order valence-corrected chi connectivity index (χ1v) is 6.45. The highest BCUT2D eigenvalue weighted by Gasteiger charge is 2.24. The molecule has 1 fully saturated rings. The summed E-state index contributed by atoms with van der Waals surface area (Å²) in [7, 11) is 0. The monoisotopic (exact) mass is 261 g/mol. The molecule has 0 bridgehead atoms. The molecule has 1 aromatic carbocycles. The van der Waals surface area contributed by atoms with Crippen LogP contribution in [-0.2, 0) is 0 Å². The van der Waals surface area contributed by atoms with Crippen molar-refractivity contribution in [1.82, 2.24) is 15.2 Å². The van der Waals surface area contributed by atoms with Crippen molar-refractivity contribution < 1.29 is 9.18 Å². The Bertz CT molecular complexity index is 629. The van der Waals surface area contributed by atoms with E-state index in [1.165, 1.54) is 6.07 Å². The van der Waals surface area contributed by atoms with Crippen LogP contribution in [0.15, 0.2) is 18.2 Å². The van der Waals surface area contributed by atoms with Gasteiger partial charge in [-0.05, 0) is 19.1 Å². The average molecular weight is 261 g/mol. The predicted molar refractivity (Wildman–Crippen MR) is 71.8 cm³/mol. The number of aryl methyl sites for hydroxylation is 1. The number of halogens is 1. The van der Waals surface area contributed by atoms with E-state index in [1.54, 1.807) is 17.0 Å². The van der Waals surface area contributed by atoms with Gasteiger partial charge in [0.1, 0.15) is 5.82 Å². The number of benzene rings is 1. The maximum Gasteiger partial charge on any atom is 0.256 e. The molecule has 0 unspecified atom stereocenters. The molecule has 0 atom stereocenters. The van der Waals surface area contributed by atoms with Gasteiger partial charge in [-0.2, -0.15) is 0 Å². The van der Waals surface area contributed by atoms with Crippen LogP contribution in [-0.4, -0.2) is 42.0 Å². The van der Waals surface area contributed by atoms with Crippen molar-refractivity contribution >= 4 is 16.8 Å². The Morgan fingerprint density at radius 3 is 2.79 bits per heavy atom. The number of carbonyl (C=O) groups is 1. The number of nitrogens with zero attached hydrogens (tertiary/aromatic N) is 1. The van der Waals surface area contributed by atoms with Gasteiger partial charge in [0.25, 0.3) is 5.91 Å². The van der Waals surface area contributed by atoms with Gasteiger partial charge in [-0.25, -0.2) is 4.39 Å². The summed E-state index contributed by atoms with van der Waals surface area (Å²) in [4.78, 5) is 17.4. The molecule has 1 aromatic heterocycles. The summed E-state index contributed by atoms with van der Waals surface area (Å²) in [6, 6.07) is 4.83. The van der Waals surface area contributed by atoms with Crippen LogP contribution >= 0.6 is 0 Å². The molecule has 1 saturated heterocycles. The fourth-order valence-corrected chi connectivity index (χ4v) is 2.63. The van der Waals surface area contributed by atoms with Gasteiger partial charge in [-0.15, -0.1) is 0 Å². The molecule has 19 heavy (non-hydrogen) atoms. The number of H-pyrrole nitrogens is 1. The number of hydrogen-bond donors (Lipinski definition) is 2. The fraction of sp³-hybridized carbons (Fsp3) is 0.357. The van der Waals surface area contributed by atoms with Gasteiger partial charge in [0.2, 0.25) is 0 Å². The first kappa shape index (κ1) is 12.2. The molecular weight excluding hydrogens is 245 g/mol. The van der Waals surface area contributed by atoms with E-state index in [4.69, 9.17) is 0 Å². The summed E-state index contributed by atoms with van der Waals surface area (Å²) < 4.78 is 14.0. The number of aromatic nitrogens is 1. The van der Waals surface area contributed by atoms with Crippen molar-refractivity contribution in [2.45, 2.75) is 6.92 Å². The minimum Gasteiger partial charge on any atom is -0.358 e. The summed E-state index contributed by atoms with van der Waals surface area (Å²) in [6.45, 7) is 4.72. The van der Waals surface area contributed by atoms with E-state index in [9.17, 15) is 9.18 Å². The maximum absolute atomic E-state index is 14.0. The summed E-state index contributed by atoms with van der Waals surface area (Å²) in [5, 5.41) is 3.61. The summed E-state index contributed by atoms with van der Waals surface area (Å²) in [5.41, 5.74) is 1.87. The second-order valence-electron chi connectivity index (χ2n) is 4.83. The smallest absolute Gasteiger partial charge is 0.256 e. The van der Waals surface area contributed by atoms with Crippen LogP contribution in [0.5, 0.6) is 0 Å². The van der Waals surface area contributed by atoms with E-state index in [-0.39, 0.29) is 11.7 Å². The second-order valence-corrected chi connectivity index (χ2v) is 4.83. The number of aromatic amines is 1. The standard InChI is InChI=1S/C14H16FN3O/c1-9-12(14(19)18-7-5-16-6-8-18)13-10(15)3-2-4-11(13)17-9/h2-4,16-17H,5-8H2,1H3. The van der Waals surface area contributed by atoms with Gasteiger partial charge in [-0.1, -0.05) is 6.07 Å². The highest BCUT2D eigenvalue weighted by Crippen LogP contribution is 2.26. The molecule has 0 radical (unpaired) electrons. The first-order chi connectivity index (χ1) is 9.18. The van der Waals surface area contributed by atoms with Crippen LogP contribution in [0.25, 0.3) is 10.9 Å². The highest BCUT2D eigenvalue weighted by atomic mass is 19.1. The summed E-state index contributed by atoms with van der Waals surface area (Å²) in [6.07, 6.45) is 0. The lowest BCUT2D eigenvalue weighted by Gasteiger charge is -2.27. The number of hydrogen-bond acceptors (Lipinski definition) is 2. The minimum absolute atomic E-state index is 0.0876. The van der Waals surface area contributed by atoms with Crippen LogP contribution in [0, 0.1) is 12.7 Å². The largest absolute Gasteiger partial charge is 0.358 e. The maximum atomic E-state index is 14.0. The Balaban J connectivity index is 2.08. The van der Waals surface area contributed by atoms with Crippen molar-refractivity contribution in [2.24, 2.45) is 0 Å². The lowest BCUT2D eigenvalue weighted by Crippen LogP contribution is -2.46. The zero-order valence-electron chi connectivity index (χ0n) is 10.8. The lowest BCUT2D eigenvalue weighted by atomic mass is 10.1. The molecule has 100 valence electrons. The number of carbonyl (C=O) groups excluding carboxylic acids is 1. The van der Waals surface area contributed by atoms with Crippen LogP contribution in [0.3, 0.4) is 0 Å². The van der Waals surface area contributed by atoms with Crippen LogP contribution < -0.4 is 5.32 Å². The molecule has 2 N–H and O–H groups in total. The van der Waals surface area contributed by atoms with Crippen molar-refractivity contribution in [2.75, 3.05) is 26.2 Å². The van der Waals surface area contributed by atoms with Gasteiger partial charge < -0.3 is 15.2 Å². The number of nitrogens with one attached hydrogen (secondary N) is 2. The van der Waals surface area contributed by atoms with Crippen molar-refractivity contribution in [3.63, 3.8) is 0 Å². The molecule has 1 aliphatic heterocycles. The molecule has 4 nitrogen and oxygen atoms in total. The average Bonchev–Trinajstić information content (AvgIpc) is 2.76. The van der Waals surface area contributed by atoms with E-state index >= 15 is 0 Å². The second kappa shape index (κ2) is 4.66.